The molecule has 0 saturated heterocycles. The first kappa shape index (κ1) is 16.4. The molecule has 6 nitrogen and oxygen atoms in total. The summed E-state index contributed by atoms with van der Waals surface area (Å²) < 4.78 is 14.4. The van der Waals surface area contributed by atoms with Crippen LogP contribution < -0.4 is 5.32 Å². The van der Waals surface area contributed by atoms with Gasteiger partial charge < -0.3 is 0 Å². The minimum absolute atomic E-state index is 0.0423. The summed E-state index contributed by atoms with van der Waals surface area (Å²) in [6.45, 7) is 2.00. The summed E-state index contributed by atoms with van der Waals surface area (Å²) >= 11 is -0.597. The van der Waals surface area contributed by atoms with E-state index in [0.29, 0.717) is 5.48 Å². The van der Waals surface area contributed by atoms with Crippen LogP contribution in [0, 0.1) is 0 Å². The fourth-order valence-corrected chi connectivity index (χ4v) is 2.22. The first-order valence-corrected chi connectivity index (χ1v) is 6.95. The van der Waals surface area contributed by atoms with Crippen LogP contribution in [0.25, 0.3) is 0 Å². The van der Waals surface area contributed by atoms with Crippen molar-refractivity contribution in [1.29, 1.82) is 0 Å². The molecule has 1 N–H and O–H groups in total. The molecule has 0 saturated carbocycles. The van der Waals surface area contributed by atoms with Gasteiger partial charge in [-0.15, -0.1) is 0 Å². The molecule has 1 unspecified atom stereocenters. The van der Waals surface area contributed by atoms with Gasteiger partial charge in [0.1, 0.15) is 0 Å². The van der Waals surface area contributed by atoms with E-state index in [4.69, 9.17) is 3.85 Å². The molecule has 0 radical (unpaired) electrons. The molecular formula is C10H20CoNO5. The van der Waals surface area contributed by atoms with Crippen molar-refractivity contribution in [2.75, 3.05) is 26.8 Å². The van der Waals surface area contributed by atoms with Crippen LogP contribution in [0.1, 0.15) is 13.3 Å². The number of carbonyl (C=O) groups excluding carboxylic acids is 2. The summed E-state index contributed by atoms with van der Waals surface area (Å²) in [7, 11) is 4.20. The van der Waals surface area contributed by atoms with Crippen LogP contribution >= 0.6 is 0 Å². The SMILES string of the molecule is C[CH2][Co]([CH2]NC(CC(=O)OC)C(=O)OC)[O]C. The molecule has 0 spiro atoms. The minimum atomic E-state index is -0.682. The van der Waals surface area contributed by atoms with Gasteiger partial charge in [-0.05, 0) is 0 Å². The molecular weight excluding hydrogens is 273 g/mol. The standard InChI is InChI=1S/C7H12NO4.C2H5.CH3O.Co/c1-8-5(7(10)12-3)4-6(9)11-2;2*1-2;/h5,8H,1,4H2,2-3H3;1H2,2H3;1H3;/q;;-1;+1. The molecule has 0 aliphatic rings. The van der Waals surface area contributed by atoms with Crippen LogP contribution in [0.4, 0.5) is 0 Å². The van der Waals surface area contributed by atoms with Gasteiger partial charge in [0.05, 0.1) is 0 Å². The predicted molar refractivity (Wildman–Crippen MR) is 57.9 cm³/mol. The molecule has 0 aromatic carbocycles. The van der Waals surface area contributed by atoms with Crippen LogP contribution in [0.2, 0.25) is 5.36 Å². The predicted octanol–water partition coefficient (Wildman–Crippen LogP) is 0.256. The second kappa shape index (κ2) is 9.40. The molecule has 0 bridgehead atoms. The van der Waals surface area contributed by atoms with E-state index in [1.54, 1.807) is 7.11 Å². The van der Waals surface area contributed by atoms with Crippen LogP contribution in [0.15, 0.2) is 0 Å². The van der Waals surface area contributed by atoms with E-state index >= 15 is 0 Å². The molecule has 0 aromatic heterocycles. The van der Waals surface area contributed by atoms with Gasteiger partial charge in [-0.3, -0.25) is 0 Å². The van der Waals surface area contributed by atoms with E-state index in [1.165, 1.54) is 14.2 Å². The molecule has 0 heterocycles. The van der Waals surface area contributed by atoms with Gasteiger partial charge in [-0.1, -0.05) is 0 Å². The van der Waals surface area contributed by atoms with Crippen molar-refractivity contribution < 1.29 is 36.9 Å². The molecule has 7 heteroatoms. The number of methoxy groups -OCH3 is 2. The second-order valence-corrected chi connectivity index (χ2v) is 5.56. The third-order valence-corrected chi connectivity index (χ3v) is 4.03. The van der Waals surface area contributed by atoms with Crippen molar-refractivity contribution >= 4 is 11.9 Å². The Kier molecular flexibility index (Phi) is 9.05. The Bertz CT molecular complexity index is 245. The zero-order valence-electron chi connectivity index (χ0n) is 10.6. The van der Waals surface area contributed by atoms with E-state index in [0.717, 1.165) is 5.36 Å². The fourth-order valence-electron chi connectivity index (χ4n) is 1.02. The van der Waals surface area contributed by atoms with Gasteiger partial charge in [-0.25, -0.2) is 0 Å². The summed E-state index contributed by atoms with van der Waals surface area (Å²) in [6, 6.07) is -0.682. The third-order valence-electron chi connectivity index (χ3n) is 1.99. The monoisotopic (exact) mass is 293 g/mol. The number of nitrogens with one attached hydrogen (secondary N) is 1. The first-order valence-electron chi connectivity index (χ1n) is 5.05. The quantitative estimate of drug-likeness (QED) is 0.647. The maximum atomic E-state index is 11.4. The number of carbonyl (C=O) groups is 2. The van der Waals surface area contributed by atoms with Gasteiger partial charge >= 0.3 is 106 Å². The van der Waals surface area contributed by atoms with E-state index in [-0.39, 0.29) is 6.42 Å². The number of hydrogen-bond acceptors (Lipinski definition) is 6. The molecule has 17 heavy (non-hydrogen) atoms. The first-order chi connectivity index (χ1) is 8.08. The Balaban J connectivity index is 4.28. The summed E-state index contributed by atoms with van der Waals surface area (Å²) in [5.41, 5.74) is 0.538. The Morgan fingerprint density at radius 3 is 2.29 bits per heavy atom. The van der Waals surface area contributed by atoms with E-state index < -0.39 is 32.0 Å². The van der Waals surface area contributed by atoms with Crippen molar-refractivity contribution in [3.05, 3.63) is 0 Å². The molecule has 1 atom stereocenters. The fraction of sp³-hybridized carbons (Fsp3) is 0.800. The van der Waals surface area contributed by atoms with Crippen molar-refractivity contribution in [2.24, 2.45) is 0 Å². The van der Waals surface area contributed by atoms with E-state index in [1.807, 2.05) is 6.92 Å². The molecule has 0 rings (SSSR count). The van der Waals surface area contributed by atoms with Gasteiger partial charge in [-0.2, -0.15) is 0 Å². The van der Waals surface area contributed by atoms with E-state index in [9.17, 15) is 9.59 Å². The maximum absolute atomic E-state index is 11.4. The molecule has 0 aliphatic carbocycles. The van der Waals surface area contributed by atoms with Gasteiger partial charge in [0.25, 0.3) is 0 Å². The number of ether oxygens (including phenoxy) is 2. The van der Waals surface area contributed by atoms with Gasteiger partial charge in [0.15, 0.2) is 0 Å². The van der Waals surface area contributed by atoms with Crippen molar-refractivity contribution in [1.82, 2.24) is 5.32 Å². The number of rotatable bonds is 8. The number of esters is 2. The topological polar surface area (TPSA) is 73.9 Å². The van der Waals surface area contributed by atoms with Crippen molar-refractivity contribution in [3.63, 3.8) is 0 Å². The Morgan fingerprint density at radius 2 is 1.88 bits per heavy atom. The van der Waals surface area contributed by atoms with Crippen molar-refractivity contribution in [2.45, 2.75) is 24.7 Å². The zero-order valence-corrected chi connectivity index (χ0v) is 11.6. The van der Waals surface area contributed by atoms with Crippen LogP contribution in [-0.4, -0.2) is 44.8 Å². The summed E-state index contributed by atoms with van der Waals surface area (Å²) in [6.07, 6.45) is -0.0423. The van der Waals surface area contributed by atoms with Crippen LogP contribution in [0.3, 0.4) is 0 Å². The normalized spacial score (nSPS) is 12.8. The zero-order chi connectivity index (χ0) is 13.3. The third kappa shape index (κ3) is 6.62. The molecule has 0 fully saturated rings. The van der Waals surface area contributed by atoms with Crippen LogP contribution in [0.5, 0.6) is 0 Å². The molecule has 104 valence electrons. The number of hydrogen-bond donors (Lipinski definition) is 1. The summed E-state index contributed by atoms with van der Waals surface area (Å²) in [5.74, 6) is -0.928. The average Bonchev–Trinajstić information content (AvgIpc) is 2.37. The van der Waals surface area contributed by atoms with Crippen LogP contribution in [-0.2, 0) is 36.9 Å². The Morgan fingerprint density at radius 1 is 1.24 bits per heavy atom. The summed E-state index contributed by atoms with van der Waals surface area (Å²) in [4.78, 5) is 22.6. The average molecular weight is 293 g/mol. The molecule has 0 amide bonds. The Labute approximate surface area is 106 Å². The van der Waals surface area contributed by atoms with E-state index in [2.05, 4.69) is 14.8 Å². The summed E-state index contributed by atoms with van der Waals surface area (Å²) in [5, 5.41) is 3.84. The molecule has 0 aliphatic heterocycles. The van der Waals surface area contributed by atoms with Crippen molar-refractivity contribution in [3.8, 4) is 0 Å². The molecule has 0 aromatic rings. The second-order valence-electron chi connectivity index (χ2n) is 2.91. The van der Waals surface area contributed by atoms with Gasteiger partial charge in [0.2, 0.25) is 0 Å². The van der Waals surface area contributed by atoms with Gasteiger partial charge in [0, 0.05) is 0 Å². The Hall–Kier alpha value is -0.634.